The van der Waals surface area contributed by atoms with Crippen LogP contribution in [0.4, 0.5) is 21.1 Å². The molecule has 0 radical (unpaired) electrons. The number of hydrogen-bond acceptors (Lipinski definition) is 7. The Bertz CT molecular complexity index is 824. The van der Waals surface area contributed by atoms with Gasteiger partial charge in [0.15, 0.2) is 0 Å². The Balaban J connectivity index is 2.44. The predicted octanol–water partition coefficient (Wildman–Crippen LogP) is 4.40. The molecule has 150 valence electrons. The van der Waals surface area contributed by atoms with Crippen molar-refractivity contribution < 1.29 is 19.1 Å². The zero-order chi connectivity index (χ0) is 21.1. The van der Waals surface area contributed by atoms with Crippen molar-refractivity contribution in [2.24, 2.45) is 0 Å². The molecule has 0 saturated carbocycles. The number of anilines is 2. The SMILES string of the molecule is CC(C)(C)OC(=O)N(C(=O)OC(C)(C)C)c1cncc(-c2ccc(N)nc2)c1. The minimum absolute atomic E-state index is 0.220. The third-order valence-corrected chi connectivity index (χ3v) is 3.25. The van der Waals surface area contributed by atoms with Crippen molar-refractivity contribution in [2.45, 2.75) is 52.7 Å². The fraction of sp³-hybridized carbons (Fsp3) is 0.400. The summed E-state index contributed by atoms with van der Waals surface area (Å²) in [6, 6.07) is 5.06. The molecule has 0 aliphatic carbocycles. The Labute approximate surface area is 164 Å². The van der Waals surface area contributed by atoms with E-state index in [0.29, 0.717) is 11.4 Å². The highest BCUT2D eigenvalue weighted by Gasteiger charge is 2.33. The molecule has 2 amide bonds. The van der Waals surface area contributed by atoms with Crippen LogP contribution in [0.2, 0.25) is 0 Å². The predicted molar refractivity (Wildman–Crippen MR) is 107 cm³/mol. The van der Waals surface area contributed by atoms with Crippen LogP contribution in [-0.2, 0) is 9.47 Å². The molecule has 0 spiro atoms. The maximum atomic E-state index is 12.7. The monoisotopic (exact) mass is 386 g/mol. The molecule has 0 aliphatic rings. The van der Waals surface area contributed by atoms with Crippen LogP contribution in [0.1, 0.15) is 41.5 Å². The Morgan fingerprint density at radius 1 is 0.893 bits per heavy atom. The fourth-order valence-electron chi connectivity index (χ4n) is 2.18. The molecule has 28 heavy (non-hydrogen) atoms. The van der Waals surface area contributed by atoms with Gasteiger partial charge in [-0.2, -0.15) is 4.90 Å². The average molecular weight is 386 g/mol. The van der Waals surface area contributed by atoms with Crippen molar-refractivity contribution in [1.29, 1.82) is 0 Å². The summed E-state index contributed by atoms with van der Waals surface area (Å²) < 4.78 is 10.8. The van der Waals surface area contributed by atoms with Gasteiger partial charge in [-0.15, -0.1) is 0 Å². The van der Waals surface area contributed by atoms with Gasteiger partial charge in [0.2, 0.25) is 0 Å². The van der Waals surface area contributed by atoms with Crippen LogP contribution in [-0.4, -0.2) is 33.4 Å². The molecule has 0 fully saturated rings. The molecule has 0 saturated heterocycles. The van der Waals surface area contributed by atoms with Gasteiger partial charge in [-0.1, -0.05) is 0 Å². The number of nitrogens with zero attached hydrogens (tertiary/aromatic N) is 3. The number of nitrogen functional groups attached to an aromatic ring is 1. The number of ether oxygens (including phenoxy) is 2. The van der Waals surface area contributed by atoms with Gasteiger partial charge in [0.05, 0.1) is 11.9 Å². The minimum Gasteiger partial charge on any atom is -0.443 e. The van der Waals surface area contributed by atoms with Gasteiger partial charge in [-0.05, 0) is 59.7 Å². The third-order valence-electron chi connectivity index (χ3n) is 3.25. The first-order valence-electron chi connectivity index (χ1n) is 8.79. The molecule has 8 heteroatoms. The summed E-state index contributed by atoms with van der Waals surface area (Å²) in [6.45, 7) is 10.3. The molecule has 0 aliphatic heterocycles. The lowest BCUT2D eigenvalue weighted by Crippen LogP contribution is -2.43. The lowest BCUT2D eigenvalue weighted by Gasteiger charge is -2.28. The van der Waals surface area contributed by atoms with Crippen LogP contribution >= 0.6 is 0 Å². The smallest absolute Gasteiger partial charge is 0.424 e. The van der Waals surface area contributed by atoms with Gasteiger partial charge in [0.25, 0.3) is 0 Å². The van der Waals surface area contributed by atoms with Crippen molar-refractivity contribution in [2.75, 3.05) is 10.6 Å². The van der Waals surface area contributed by atoms with E-state index in [9.17, 15) is 9.59 Å². The molecule has 2 N–H and O–H groups in total. The molecular weight excluding hydrogens is 360 g/mol. The van der Waals surface area contributed by atoms with E-state index < -0.39 is 23.4 Å². The molecule has 8 nitrogen and oxygen atoms in total. The third kappa shape index (κ3) is 5.94. The number of aromatic nitrogens is 2. The quantitative estimate of drug-likeness (QED) is 0.815. The Hall–Kier alpha value is -3.16. The number of pyridine rings is 2. The summed E-state index contributed by atoms with van der Waals surface area (Å²) in [5, 5.41) is 0. The second-order valence-electron chi connectivity index (χ2n) is 8.20. The molecule has 2 rings (SSSR count). The standard InChI is InChI=1S/C20H26N4O4/c1-19(2,3)27-17(25)24(18(26)28-20(4,5)6)15-9-14(10-22-12-15)13-7-8-16(21)23-11-13/h7-12H,1-6H3,(H2,21,23). The summed E-state index contributed by atoms with van der Waals surface area (Å²) in [4.78, 5) is 34.5. The zero-order valence-electron chi connectivity index (χ0n) is 17.0. The van der Waals surface area contributed by atoms with Gasteiger partial charge in [-0.25, -0.2) is 14.6 Å². The van der Waals surface area contributed by atoms with E-state index >= 15 is 0 Å². The zero-order valence-corrected chi connectivity index (χ0v) is 17.0. The molecular formula is C20H26N4O4. The molecule has 0 aromatic carbocycles. The average Bonchev–Trinajstić information content (AvgIpc) is 2.52. The summed E-state index contributed by atoms with van der Waals surface area (Å²) in [7, 11) is 0. The van der Waals surface area contributed by atoms with Crippen LogP contribution < -0.4 is 10.6 Å². The van der Waals surface area contributed by atoms with E-state index in [1.807, 2.05) is 0 Å². The number of imide groups is 1. The van der Waals surface area contributed by atoms with Crippen LogP contribution in [0.25, 0.3) is 11.1 Å². The van der Waals surface area contributed by atoms with Gasteiger partial charge in [-0.3, -0.25) is 4.98 Å². The number of amides is 2. The molecule has 2 heterocycles. The Morgan fingerprint density at radius 3 is 1.93 bits per heavy atom. The summed E-state index contributed by atoms with van der Waals surface area (Å²) in [6.07, 6.45) is 2.87. The van der Waals surface area contributed by atoms with Crippen molar-refractivity contribution >= 4 is 23.7 Å². The first kappa shape index (κ1) is 21.1. The van der Waals surface area contributed by atoms with Crippen molar-refractivity contribution in [3.05, 3.63) is 36.8 Å². The highest BCUT2D eigenvalue weighted by atomic mass is 16.6. The Morgan fingerprint density at radius 2 is 1.46 bits per heavy atom. The van der Waals surface area contributed by atoms with Crippen LogP contribution in [0.15, 0.2) is 36.8 Å². The summed E-state index contributed by atoms with van der Waals surface area (Å²) in [5.74, 6) is 0.386. The second kappa shape index (κ2) is 7.84. The van der Waals surface area contributed by atoms with E-state index in [-0.39, 0.29) is 5.69 Å². The van der Waals surface area contributed by atoms with E-state index in [4.69, 9.17) is 15.2 Å². The van der Waals surface area contributed by atoms with Crippen LogP contribution in [0.3, 0.4) is 0 Å². The first-order chi connectivity index (χ1) is 12.9. The van der Waals surface area contributed by atoms with Crippen molar-refractivity contribution in [3.63, 3.8) is 0 Å². The normalized spacial score (nSPS) is 11.6. The molecule has 0 unspecified atom stereocenters. The topological polar surface area (TPSA) is 108 Å². The number of carbonyl (C=O) groups excluding carboxylic acids is 2. The van der Waals surface area contributed by atoms with Gasteiger partial charge < -0.3 is 15.2 Å². The molecule has 0 atom stereocenters. The second-order valence-corrected chi connectivity index (χ2v) is 8.20. The lowest BCUT2D eigenvalue weighted by molar-refractivity contribution is 0.0430. The number of hydrogen-bond donors (Lipinski definition) is 1. The molecule has 2 aromatic rings. The maximum Gasteiger partial charge on any atom is 0.424 e. The molecule has 0 bridgehead atoms. The van der Waals surface area contributed by atoms with E-state index in [1.165, 1.54) is 6.20 Å². The number of carbonyl (C=O) groups is 2. The van der Waals surface area contributed by atoms with Crippen molar-refractivity contribution in [1.82, 2.24) is 9.97 Å². The number of nitrogens with two attached hydrogens (primary N) is 1. The maximum absolute atomic E-state index is 12.7. The van der Waals surface area contributed by atoms with Crippen molar-refractivity contribution in [3.8, 4) is 11.1 Å². The van der Waals surface area contributed by atoms with E-state index in [2.05, 4.69) is 9.97 Å². The molecule has 2 aromatic heterocycles. The van der Waals surface area contributed by atoms with Gasteiger partial charge >= 0.3 is 12.2 Å². The highest BCUT2D eigenvalue weighted by Crippen LogP contribution is 2.26. The highest BCUT2D eigenvalue weighted by molar-refractivity contribution is 6.09. The largest absolute Gasteiger partial charge is 0.443 e. The summed E-state index contributed by atoms with van der Waals surface area (Å²) in [5.41, 5.74) is 5.65. The minimum atomic E-state index is -0.851. The van der Waals surface area contributed by atoms with Gasteiger partial charge in [0, 0.05) is 23.5 Å². The van der Waals surface area contributed by atoms with Gasteiger partial charge in [0.1, 0.15) is 17.0 Å². The van der Waals surface area contributed by atoms with E-state index in [1.54, 1.807) is 72.1 Å². The lowest BCUT2D eigenvalue weighted by atomic mass is 10.1. The Kier molecular flexibility index (Phi) is 5.92. The van der Waals surface area contributed by atoms with Crippen LogP contribution in [0, 0.1) is 0 Å². The van der Waals surface area contributed by atoms with Crippen LogP contribution in [0.5, 0.6) is 0 Å². The van der Waals surface area contributed by atoms with E-state index in [0.717, 1.165) is 10.5 Å². The number of rotatable bonds is 2. The fourth-order valence-corrected chi connectivity index (χ4v) is 2.18. The summed E-state index contributed by atoms with van der Waals surface area (Å²) >= 11 is 0. The first-order valence-corrected chi connectivity index (χ1v) is 8.79.